The van der Waals surface area contributed by atoms with Gasteiger partial charge in [-0.05, 0) is 88.9 Å². The number of anilines is 2. The van der Waals surface area contributed by atoms with Gasteiger partial charge in [0.15, 0.2) is 10.2 Å². The Labute approximate surface area is 224 Å². The van der Waals surface area contributed by atoms with E-state index >= 15 is 0 Å². The van der Waals surface area contributed by atoms with Crippen LogP contribution in [0.1, 0.15) is 61.8 Å². The van der Waals surface area contributed by atoms with E-state index in [-0.39, 0.29) is 0 Å². The first-order chi connectivity index (χ1) is 17.3. The van der Waals surface area contributed by atoms with Gasteiger partial charge in [0.05, 0.1) is 12.4 Å². The summed E-state index contributed by atoms with van der Waals surface area (Å²) in [6, 6.07) is 24.2. The molecular weight excluding hydrogens is 484 g/mol. The van der Waals surface area contributed by atoms with Gasteiger partial charge in [0, 0.05) is 11.4 Å². The molecule has 3 aromatic rings. The summed E-state index contributed by atoms with van der Waals surface area (Å²) < 4.78 is 0. The summed E-state index contributed by atoms with van der Waals surface area (Å²) in [6.45, 7) is 8.67. The van der Waals surface area contributed by atoms with Crippen molar-refractivity contribution in [3.05, 3.63) is 95.1 Å². The number of nitrogens with zero attached hydrogens (tertiary/aromatic N) is 2. The summed E-state index contributed by atoms with van der Waals surface area (Å²) in [5.74, 6) is 0.984. The van der Waals surface area contributed by atoms with Crippen molar-refractivity contribution >= 4 is 58.5 Å². The summed E-state index contributed by atoms with van der Waals surface area (Å²) in [6.07, 6.45) is 3.40. The van der Waals surface area contributed by atoms with Crippen LogP contribution < -0.4 is 21.5 Å². The van der Waals surface area contributed by atoms with Crippen LogP contribution in [0, 0.1) is 0 Å². The van der Waals surface area contributed by atoms with Crippen molar-refractivity contribution in [2.45, 2.75) is 39.5 Å². The zero-order valence-electron chi connectivity index (χ0n) is 20.9. The molecule has 0 aliphatic carbocycles. The fraction of sp³-hybridized carbons (Fsp3) is 0.214. The number of hydrogen-bond donors (Lipinski definition) is 4. The maximum absolute atomic E-state index is 5.32. The van der Waals surface area contributed by atoms with E-state index in [0.29, 0.717) is 22.1 Å². The van der Waals surface area contributed by atoms with Gasteiger partial charge in [-0.2, -0.15) is 10.2 Å². The first kappa shape index (κ1) is 27.0. The highest BCUT2D eigenvalue weighted by molar-refractivity contribution is 7.80. The first-order valence-corrected chi connectivity index (χ1v) is 12.6. The Bertz CT molecular complexity index is 1120. The molecule has 0 aliphatic rings. The van der Waals surface area contributed by atoms with E-state index < -0.39 is 0 Å². The third kappa shape index (κ3) is 8.87. The number of hydrogen-bond acceptors (Lipinski definition) is 4. The van der Waals surface area contributed by atoms with Crippen LogP contribution in [0.3, 0.4) is 0 Å². The van der Waals surface area contributed by atoms with Gasteiger partial charge < -0.3 is 10.6 Å². The van der Waals surface area contributed by atoms with Gasteiger partial charge in [-0.1, -0.05) is 70.2 Å². The normalized spacial score (nSPS) is 11.3. The largest absolute Gasteiger partial charge is 0.331 e. The maximum Gasteiger partial charge on any atom is 0.191 e. The first-order valence-electron chi connectivity index (χ1n) is 11.8. The number of nitrogens with one attached hydrogen (secondary N) is 4. The monoisotopic (exact) mass is 516 g/mol. The average Bonchev–Trinajstić information content (AvgIpc) is 2.85. The lowest BCUT2D eigenvalue weighted by Gasteiger charge is -2.09. The topological polar surface area (TPSA) is 72.8 Å². The molecule has 186 valence electrons. The highest BCUT2D eigenvalue weighted by atomic mass is 32.1. The molecule has 0 aromatic heterocycles. The minimum absolute atomic E-state index is 0.422. The molecule has 0 saturated carbocycles. The van der Waals surface area contributed by atoms with Crippen LogP contribution in [-0.2, 0) is 0 Å². The summed E-state index contributed by atoms with van der Waals surface area (Å²) in [7, 11) is 0. The van der Waals surface area contributed by atoms with Gasteiger partial charge in [-0.25, -0.2) is 0 Å². The van der Waals surface area contributed by atoms with E-state index in [9.17, 15) is 0 Å². The lowest BCUT2D eigenvalue weighted by atomic mass is 10.0. The van der Waals surface area contributed by atoms with Crippen LogP contribution >= 0.6 is 24.4 Å². The van der Waals surface area contributed by atoms with Crippen molar-refractivity contribution in [2.24, 2.45) is 10.2 Å². The van der Waals surface area contributed by atoms with E-state index in [2.05, 4.69) is 83.6 Å². The Morgan fingerprint density at radius 2 is 1.03 bits per heavy atom. The summed E-state index contributed by atoms with van der Waals surface area (Å²) in [5.41, 5.74) is 11.9. The number of benzene rings is 3. The van der Waals surface area contributed by atoms with Crippen LogP contribution in [0.5, 0.6) is 0 Å². The molecule has 36 heavy (non-hydrogen) atoms. The molecule has 0 atom stereocenters. The van der Waals surface area contributed by atoms with E-state index in [1.165, 1.54) is 11.1 Å². The van der Waals surface area contributed by atoms with Gasteiger partial charge in [0.2, 0.25) is 0 Å². The van der Waals surface area contributed by atoms with Crippen LogP contribution in [0.25, 0.3) is 0 Å². The summed E-state index contributed by atoms with van der Waals surface area (Å²) >= 11 is 10.6. The van der Waals surface area contributed by atoms with Crippen molar-refractivity contribution in [3.63, 3.8) is 0 Å². The van der Waals surface area contributed by atoms with Crippen molar-refractivity contribution < 1.29 is 0 Å². The minimum atomic E-state index is 0.422. The second-order valence-electron chi connectivity index (χ2n) is 8.87. The lowest BCUT2D eigenvalue weighted by molar-refractivity contribution is 0.867. The molecule has 0 fully saturated rings. The molecule has 0 aliphatic heterocycles. The zero-order valence-corrected chi connectivity index (χ0v) is 22.6. The zero-order chi connectivity index (χ0) is 25.9. The maximum atomic E-state index is 5.32. The molecule has 0 amide bonds. The number of rotatable bonds is 8. The van der Waals surface area contributed by atoms with E-state index in [0.717, 1.165) is 22.5 Å². The van der Waals surface area contributed by atoms with E-state index in [1.54, 1.807) is 12.4 Å². The molecule has 0 saturated heterocycles. The lowest BCUT2D eigenvalue weighted by Crippen LogP contribution is -2.24. The van der Waals surface area contributed by atoms with Crippen LogP contribution in [0.15, 0.2) is 83.0 Å². The Morgan fingerprint density at radius 1 is 0.639 bits per heavy atom. The predicted octanol–water partition coefficient (Wildman–Crippen LogP) is 6.57. The predicted molar refractivity (Wildman–Crippen MR) is 161 cm³/mol. The minimum Gasteiger partial charge on any atom is -0.331 e. The van der Waals surface area contributed by atoms with Crippen molar-refractivity contribution in [3.8, 4) is 0 Å². The third-order valence-corrected chi connectivity index (χ3v) is 5.73. The highest BCUT2D eigenvalue weighted by Crippen LogP contribution is 2.18. The van der Waals surface area contributed by atoms with Gasteiger partial charge in [-0.15, -0.1) is 0 Å². The second-order valence-corrected chi connectivity index (χ2v) is 9.69. The fourth-order valence-electron chi connectivity index (χ4n) is 3.27. The van der Waals surface area contributed by atoms with Gasteiger partial charge >= 0.3 is 0 Å². The Morgan fingerprint density at radius 3 is 1.39 bits per heavy atom. The molecule has 0 bridgehead atoms. The molecule has 3 rings (SSSR count). The van der Waals surface area contributed by atoms with E-state index in [4.69, 9.17) is 24.4 Å². The second kappa shape index (κ2) is 13.5. The molecule has 4 N–H and O–H groups in total. The van der Waals surface area contributed by atoms with Crippen LogP contribution in [0.4, 0.5) is 11.4 Å². The molecule has 6 nitrogen and oxygen atoms in total. The molecule has 0 heterocycles. The van der Waals surface area contributed by atoms with Gasteiger partial charge in [0.1, 0.15) is 0 Å². The smallest absolute Gasteiger partial charge is 0.191 e. The van der Waals surface area contributed by atoms with Gasteiger partial charge in [-0.3, -0.25) is 10.9 Å². The fourth-order valence-corrected chi connectivity index (χ4v) is 3.61. The quantitative estimate of drug-likeness (QED) is 0.154. The summed E-state index contributed by atoms with van der Waals surface area (Å²) in [5, 5.41) is 15.6. The molecule has 0 spiro atoms. The van der Waals surface area contributed by atoms with Crippen LogP contribution in [-0.4, -0.2) is 22.7 Å². The van der Waals surface area contributed by atoms with Crippen molar-refractivity contribution in [1.29, 1.82) is 0 Å². The number of thiocarbonyl (C=S) groups is 2. The van der Waals surface area contributed by atoms with Gasteiger partial charge in [0.25, 0.3) is 0 Å². The molecule has 3 aromatic carbocycles. The van der Waals surface area contributed by atoms with Crippen molar-refractivity contribution in [1.82, 2.24) is 10.9 Å². The van der Waals surface area contributed by atoms with Crippen LogP contribution in [0.2, 0.25) is 0 Å². The Balaban J connectivity index is 1.46. The molecule has 8 heteroatoms. The Kier molecular flexibility index (Phi) is 10.1. The molecule has 0 radical (unpaired) electrons. The molecular formula is C28H32N6S2. The SMILES string of the molecule is CC(C)c1ccc(NC(=S)N/N=C\c2cccc(/C=N\NC(=S)Nc3ccc(C(C)C)cc3)c2)cc1. The van der Waals surface area contributed by atoms with Crippen molar-refractivity contribution in [2.75, 3.05) is 10.6 Å². The van der Waals surface area contributed by atoms with E-state index in [1.807, 2.05) is 48.5 Å². The summed E-state index contributed by atoms with van der Waals surface area (Å²) in [4.78, 5) is 0. The highest BCUT2D eigenvalue weighted by Gasteiger charge is 2.01. The average molecular weight is 517 g/mol. The number of hydrazone groups is 2. The third-order valence-electron chi connectivity index (χ3n) is 5.34. The molecule has 0 unspecified atom stereocenters. The Hall–Kier alpha value is -3.62. The standard InChI is InChI=1S/C28H32N6S2/c1-19(2)23-8-12-25(13-9-23)31-27(35)33-29-17-21-6-5-7-22(16-21)18-30-34-28(36)32-26-14-10-24(11-15-26)20(3)4/h5-20H,1-4H3,(H2,31,33,35)(H2,32,34,36)/b29-17-,30-18-.